The fourth-order valence-electron chi connectivity index (χ4n) is 18.6. The molecule has 0 amide bonds. The van der Waals surface area contributed by atoms with E-state index in [0.717, 1.165) is 25.7 Å². The van der Waals surface area contributed by atoms with Gasteiger partial charge in [-0.2, -0.15) is 0 Å². The van der Waals surface area contributed by atoms with Crippen molar-refractivity contribution < 1.29 is 18.9 Å². The summed E-state index contributed by atoms with van der Waals surface area (Å²) in [5.74, 6) is 6.87. The minimum Gasteiger partial charge on any atom is -0.374 e. The summed E-state index contributed by atoms with van der Waals surface area (Å²) in [4.78, 5) is 0. The Morgan fingerprint density at radius 2 is 0.528 bits per heavy atom. The molecule has 10 rings (SSSR count). The van der Waals surface area contributed by atoms with E-state index in [1.807, 2.05) is 0 Å². The van der Waals surface area contributed by atoms with Crippen LogP contribution >= 0.6 is 0 Å². The molecule has 0 spiro atoms. The van der Waals surface area contributed by atoms with Gasteiger partial charge in [-0.3, -0.25) is 31.9 Å². The molecule has 72 heavy (non-hydrogen) atoms. The number of ether oxygens (including phenoxy) is 4. The second-order valence-electron chi connectivity index (χ2n) is 28.6. The van der Waals surface area contributed by atoms with Gasteiger partial charge >= 0.3 is 0 Å². The molecule has 12 heteroatoms. The van der Waals surface area contributed by atoms with Crippen LogP contribution in [0.15, 0.2) is 0 Å². The fourth-order valence-corrected chi connectivity index (χ4v) is 18.6. The number of nitrogens with zero attached hydrogens (tertiary/aromatic N) is 2. The lowest BCUT2D eigenvalue weighted by molar-refractivity contribution is -0.171. The van der Waals surface area contributed by atoms with Gasteiger partial charge in [0.25, 0.3) is 0 Å². The van der Waals surface area contributed by atoms with Crippen molar-refractivity contribution in [1.29, 1.82) is 0 Å². The predicted molar refractivity (Wildman–Crippen MR) is 289 cm³/mol. The van der Waals surface area contributed by atoms with Gasteiger partial charge in [-0.1, -0.05) is 136 Å². The van der Waals surface area contributed by atoms with Gasteiger partial charge in [-0.15, -0.1) is 0 Å². The van der Waals surface area contributed by atoms with Crippen LogP contribution in [0.2, 0.25) is 0 Å². The van der Waals surface area contributed by atoms with Crippen LogP contribution in [0.5, 0.6) is 0 Å². The zero-order valence-electron chi connectivity index (χ0n) is 48.5. The van der Waals surface area contributed by atoms with Crippen molar-refractivity contribution in [3.8, 4) is 0 Å². The van der Waals surface area contributed by atoms with E-state index in [2.05, 4.69) is 153 Å². The first-order valence-corrected chi connectivity index (χ1v) is 31.1. The summed E-state index contributed by atoms with van der Waals surface area (Å²) in [6, 6.07) is 0. The molecule has 0 aromatic rings. The third-order valence-corrected chi connectivity index (χ3v) is 21.1. The second kappa shape index (κ2) is 22.3. The first kappa shape index (κ1) is 54.9. The molecule has 20 atom stereocenters. The Kier molecular flexibility index (Phi) is 17.0. The summed E-state index contributed by atoms with van der Waals surface area (Å²) in [6.07, 6.45) is 16.9. The summed E-state index contributed by atoms with van der Waals surface area (Å²) < 4.78 is 30.3. The first-order chi connectivity index (χ1) is 34.3. The van der Waals surface area contributed by atoms with E-state index in [9.17, 15) is 0 Å². The average Bonchev–Trinajstić information content (AvgIpc) is 4.05. The van der Waals surface area contributed by atoms with Crippen molar-refractivity contribution in [3.05, 3.63) is 0 Å². The molecule has 414 valence electrons. The van der Waals surface area contributed by atoms with Crippen LogP contribution in [0.3, 0.4) is 0 Å². The normalized spacial score (nSPS) is 43.3. The molecule has 0 aromatic carbocycles. The summed E-state index contributed by atoms with van der Waals surface area (Å²) in [5, 5.41) is 33.5. The Labute approximate surface area is 439 Å². The van der Waals surface area contributed by atoms with Crippen LogP contribution in [-0.4, -0.2) is 108 Å². The topological polar surface area (TPSA) is 116 Å². The SMILES string of the molecule is CC(C)C(OC1CCCC2C3NC(NC4C5CCCC(OC(C(C)C)C(C)C)C5C5NC6NC(NC7C8CCCC(OC(C(C)C)C(C)C)C8C(N3)N7N45)C3C(OC(C(C)C)C(C)C)CCCC63)C12)C(C)C. The summed E-state index contributed by atoms with van der Waals surface area (Å²) in [6.45, 7) is 38.1. The molecule has 20 unspecified atom stereocenters. The fraction of sp³-hybridized carbons (Fsp3) is 1.00. The first-order valence-electron chi connectivity index (χ1n) is 31.1. The van der Waals surface area contributed by atoms with E-state index in [1.54, 1.807) is 0 Å². The molecular formula is C60H110N8O4. The van der Waals surface area contributed by atoms with E-state index in [-0.39, 0.29) is 98.2 Å². The number of fused-ring (bicyclic) bond motifs is 16. The van der Waals surface area contributed by atoms with Gasteiger partial charge in [0.2, 0.25) is 0 Å². The summed E-state index contributed by atoms with van der Waals surface area (Å²) in [7, 11) is 0. The van der Waals surface area contributed by atoms with Gasteiger partial charge in [-0.25, -0.2) is 10.0 Å². The van der Waals surface area contributed by atoms with Crippen molar-refractivity contribution in [2.45, 2.75) is 286 Å². The minimum absolute atomic E-state index is 0.0810. The zero-order chi connectivity index (χ0) is 51.2. The number of hydrogen-bond donors (Lipinski definition) is 6. The molecule has 6 N–H and O–H groups in total. The third-order valence-electron chi connectivity index (χ3n) is 21.1. The van der Waals surface area contributed by atoms with Gasteiger partial charge in [0.05, 0.1) is 98.2 Å². The van der Waals surface area contributed by atoms with Crippen molar-refractivity contribution in [2.24, 2.45) is 94.7 Å². The number of nitrogens with one attached hydrogen (secondary N) is 6. The Balaban J connectivity index is 1.12. The lowest BCUT2D eigenvalue weighted by Gasteiger charge is -2.50. The van der Waals surface area contributed by atoms with Crippen LogP contribution in [0.1, 0.15) is 188 Å². The number of hydrazine groups is 1. The zero-order valence-corrected chi connectivity index (χ0v) is 48.5. The maximum absolute atomic E-state index is 7.69. The van der Waals surface area contributed by atoms with E-state index >= 15 is 0 Å². The van der Waals surface area contributed by atoms with Gasteiger partial charge < -0.3 is 18.9 Å². The maximum atomic E-state index is 7.69. The van der Waals surface area contributed by atoms with Gasteiger partial charge in [0.1, 0.15) is 0 Å². The molecule has 12 nitrogen and oxygen atoms in total. The third kappa shape index (κ3) is 10.1. The number of hydrogen-bond acceptors (Lipinski definition) is 12. The molecule has 0 aromatic heterocycles. The lowest BCUT2D eigenvalue weighted by Crippen LogP contribution is -2.70. The van der Waals surface area contributed by atoms with Gasteiger partial charge in [-0.05, 0) is 122 Å². The Morgan fingerprint density at radius 1 is 0.278 bits per heavy atom. The maximum Gasteiger partial charge on any atom is 0.0823 e. The highest BCUT2D eigenvalue weighted by Crippen LogP contribution is 2.55. The molecule has 10 fully saturated rings. The van der Waals surface area contributed by atoms with Crippen molar-refractivity contribution in [3.63, 3.8) is 0 Å². The van der Waals surface area contributed by atoms with Crippen molar-refractivity contribution in [1.82, 2.24) is 41.9 Å². The highest BCUT2D eigenvalue weighted by Gasteiger charge is 2.67. The monoisotopic (exact) mass is 1010 g/mol. The van der Waals surface area contributed by atoms with Crippen LogP contribution < -0.4 is 31.9 Å². The van der Waals surface area contributed by atoms with Crippen LogP contribution in [0.4, 0.5) is 0 Å². The van der Waals surface area contributed by atoms with E-state index in [0.29, 0.717) is 94.7 Å². The highest BCUT2D eigenvalue weighted by molar-refractivity contribution is 5.16. The molecule has 4 aliphatic carbocycles. The Bertz CT molecular complexity index is 1610. The van der Waals surface area contributed by atoms with Crippen molar-refractivity contribution in [2.75, 3.05) is 0 Å². The highest BCUT2D eigenvalue weighted by atomic mass is 16.5. The van der Waals surface area contributed by atoms with Gasteiger partial charge in [0, 0.05) is 23.7 Å². The molecular weight excluding hydrogens is 897 g/mol. The van der Waals surface area contributed by atoms with E-state index in [4.69, 9.17) is 18.9 Å². The van der Waals surface area contributed by atoms with E-state index < -0.39 is 0 Å². The Hall–Kier alpha value is -0.480. The minimum atomic E-state index is 0.0810. The standard InChI is InChI=1S/C60H110N8O4/c1-29(2)49(30(3)4)69-41-25-17-21-37-45(41)55-61-53(37)63-59-48-40(24-20-28-44(48)72-52(35(13)14)36(15)16)58-66-56-46-38(22-18-26-42(46)70-50(31(5)6)32(7)8)54(62-56)64-60-47-39(57(65-55)67(60)68(58)59)23-19-27-43(47)71-51(33(9)10)34(11)12/h29-66H,17-28H2,1-16H3. The van der Waals surface area contributed by atoms with Crippen LogP contribution in [0, 0.1) is 94.7 Å². The molecule has 10 aliphatic rings. The smallest absolute Gasteiger partial charge is 0.0823 e. The quantitative estimate of drug-likeness (QED) is 0.0886. The van der Waals surface area contributed by atoms with E-state index in [1.165, 1.54) is 51.4 Å². The van der Waals surface area contributed by atoms with Crippen LogP contribution in [0.25, 0.3) is 0 Å². The second-order valence-corrected chi connectivity index (χ2v) is 28.6. The Morgan fingerprint density at radius 3 is 0.806 bits per heavy atom. The molecule has 6 saturated heterocycles. The molecule has 4 saturated carbocycles. The largest absolute Gasteiger partial charge is 0.374 e. The predicted octanol–water partition coefficient (Wildman–Crippen LogP) is 9.66. The lowest BCUT2D eigenvalue weighted by atomic mass is 9.74. The summed E-state index contributed by atoms with van der Waals surface area (Å²) in [5.41, 5.74) is 0. The van der Waals surface area contributed by atoms with Crippen LogP contribution in [-0.2, 0) is 18.9 Å². The number of rotatable bonds is 16. The molecule has 4 bridgehead atoms. The van der Waals surface area contributed by atoms with Gasteiger partial charge in [0.15, 0.2) is 0 Å². The van der Waals surface area contributed by atoms with Crippen molar-refractivity contribution >= 4 is 0 Å². The molecule has 6 aliphatic heterocycles. The summed E-state index contributed by atoms with van der Waals surface area (Å²) >= 11 is 0. The molecule has 6 heterocycles. The average molecular weight is 1010 g/mol. The molecule has 0 radical (unpaired) electrons.